The first-order valence-corrected chi connectivity index (χ1v) is 29.2. The number of aromatic hydroxyl groups is 1. The molecule has 2 aliphatic rings. The van der Waals surface area contributed by atoms with E-state index < -0.39 is 35.8 Å². The Balaban J connectivity index is 0.715. The lowest BCUT2D eigenvalue weighted by molar-refractivity contribution is -0.141. The molecule has 0 spiro atoms. The number of methoxy groups -OCH3 is 1. The van der Waals surface area contributed by atoms with Gasteiger partial charge in [0.25, 0.3) is 5.88 Å². The first kappa shape index (κ1) is 60.9. The van der Waals surface area contributed by atoms with E-state index in [1.807, 2.05) is 75.1 Å². The number of likely N-dealkylation sites (N-methyl/N-ethyl adjacent to an activating group) is 1. The van der Waals surface area contributed by atoms with Crippen LogP contribution in [0.25, 0.3) is 43.2 Å². The van der Waals surface area contributed by atoms with Gasteiger partial charge in [0.1, 0.15) is 41.4 Å². The summed E-state index contributed by atoms with van der Waals surface area (Å²) in [5.41, 5.74) is 4.90. The maximum absolute atomic E-state index is 17.0. The number of nitrogens with one attached hydrogen (secondary N) is 2. The highest BCUT2D eigenvalue weighted by molar-refractivity contribution is 7.13. The monoisotopic (exact) mass is 1190 g/mol. The number of phenolic OH excluding ortho intramolecular Hbond substituents is 1. The van der Waals surface area contributed by atoms with Gasteiger partial charge in [0.05, 0.1) is 66.8 Å². The highest BCUT2D eigenvalue weighted by Gasteiger charge is 2.44. The molecule has 2 fully saturated rings. The molecule has 3 aromatic heterocycles. The molecule has 4 amide bonds. The number of aliphatic hydroxyl groups excluding tert-OH is 1. The molecule has 2 saturated heterocycles. The van der Waals surface area contributed by atoms with Crippen LogP contribution in [-0.2, 0) is 28.7 Å². The van der Waals surface area contributed by atoms with Crippen LogP contribution in [0.4, 0.5) is 16.2 Å². The predicted octanol–water partition coefficient (Wildman–Crippen LogP) is 8.00. The zero-order valence-corrected chi connectivity index (χ0v) is 49.6. The molecule has 4 N–H and O–H groups in total. The fourth-order valence-electron chi connectivity index (χ4n) is 10.7. The zero-order valence-electron chi connectivity index (χ0n) is 48.0. The molecule has 0 unspecified atom stereocenters. The van der Waals surface area contributed by atoms with Gasteiger partial charge in [-0.1, -0.05) is 61.8 Å². The van der Waals surface area contributed by atoms with Gasteiger partial charge in [-0.15, -0.1) is 11.3 Å². The predicted molar refractivity (Wildman–Crippen MR) is 317 cm³/mol. The number of hydrogen-bond donors (Lipinski definition) is 4. The number of thiazole rings is 1. The number of benzene rings is 4. The average molecular weight is 1190 g/mol. The average Bonchev–Trinajstić information content (AvgIpc) is 1.53. The summed E-state index contributed by atoms with van der Waals surface area (Å²) < 4.78 is 45.6. The summed E-state index contributed by atoms with van der Waals surface area (Å²) in [4.78, 5) is 74.9. The number of carbonyl (C=O) groups excluding carboxylic acids is 4. The van der Waals surface area contributed by atoms with E-state index in [4.69, 9.17) is 40.1 Å². The van der Waals surface area contributed by atoms with E-state index in [2.05, 4.69) is 25.8 Å². The lowest BCUT2D eigenvalue weighted by atomic mass is 9.91. The third-order valence-corrected chi connectivity index (χ3v) is 16.4. The van der Waals surface area contributed by atoms with Crippen LogP contribution in [0.1, 0.15) is 69.5 Å². The van der Waals surface area contributed by atoms with Crippen molar-refractivity contribution in [3.05, 3.63) is 100 Å². The van der Waals surface area contributed by atoms with Crippen molar-refractivity contribution in [3.63, 3.8) is 0 Å². The second-order valence-electron chi connectivity index (χ2n) is 21.2. The van der Waals surface area contributed by atoms with Crippen molar-refractivity contribution in [2.24, 2.45) is 5.92 Å². The van der Waals surface area contributed by atoms with Crippen molar-refractivity contribution in [1.82, 2.24) is 40.1 Å². The molecule has 21 nitrogen and oxygen atoms in total. The molecule has 4 atom stereocenters. The van der Waals surface area contributed by atoms with Gasteiger partial charge in [-0.05, 0) is 71.1 Å². The number of fused-ring (bicyclic) bond motifs is 2. The van der Waals surface area contributed by atoms with E-state index in [1.165, 1.54) is 29.2 Å². The van der Waals surface area contributed by atoms with Crippen molar-refractivity contribution in [2.75, 3.05) is 103 Å². The Morgan fingerprint density at radius 1 is 0.952 bits per heavy atom. The standard InChI is InChI=1S/C60H70ClFN10O11S/c1-34(2)52(59(78)72-32-41(75)29-47(72)58(77)65-35(3)42-13-12-39(27-48(42)79-7)56-36(4)64-33-84-56)49-31-50(68-83-49)82-25-24-81-23-22-80-21-20-69(6)51(76)14-15-63-60-66-55-45(57(67-60)71-18-16-70(17-19-71)37(5)73)30-46(61)53(54(55)62)44-28-40(74)26-38-10-8-9-11-43(38)44/h8-13,26-28,30-31,33-35,41,47,52,74-75H,14-25,29,32H2,1-7H3,(H,65,77)(H,63,66,67)/t35-,41+,47-,52-/m0/s1. The Labute approximate surface area is 495 Å². The molecular weight excluding hydrogens is 1120 g/mol. The van der Waals surface area contributed by atoms with Crippen LogP contribution < -0.4 is 25.0 Å². The smallest absolute Gasteiger partial charge is 0.254 e. The van der Waals surface area contributed by atoms with Crippen molar-refractivity contribution in [3.8, 4) is 38.9 Å². The topological polar surface area (TPSA) is 247 Å². The zero-order chi connectivity index (χ0) is 59.8. The van der Waals surface area contributed by atoms with Crippen molar-refractivity contribution in [1.29, 1.82) is 0 Å². The Kier molecular flexibility index (Phi) is 19.8. The van der Waals surface area contributed by atoms with Gasteiger partial charge >= 0.3 is 0 Å². The Bertz CT molecular complexity index is 3500. The SMILES string of the molecule is COc1cc(-c2scnc2C)ccc1[C@H](C)NC(=O)[C@@H]1C[C@@H](O)CN1C(=O)[C@H](c1cc(OCCOCCOCCN(C)C(=O)CCNc2nc(N3CCN(C(C)=O)CC3)c3cc(Cl)c(-c4cc(O)cc5ccccc45)c(F)c3n2)no1)C(C)C. The van der Waals surface area contributed by atoms with Crippen molar-refractivity contribution >= 4 is 80.0 Å². The molecule has 7 aromatic rings. The number of nitrogens with zero attached hydrogens (tertiary/aromatic N) is 8. The minimum atomic E-state index is -0.922. The summed E-state index contributed by atoms with van der Waals surface area (Å²) in [5, 5.41) is 33.5. The fourth-order valence-corrected chi connectivity index (χ4v) is 11.8. The molecule has 5 heterocycles. The summed E-state index contributed by atoms with van der Waals surface area (Å²) in [6, 6.07) is 18.0. The van der Waals surface area contributed by atoms with Gasteiger partial charge < -0.3 is 63.9 Å². The maximum Gasteiger partial charge on any atom is 0.254 e. The number of amides is 4. The van der Waals surface area contributed by atoms with Crippen LogP contribution >= 0.6 is 22.9 Å². The fraction of sp³-hybridized carbons (Fsp3) is 0.433. The normalized spacial score (nSPS) is 16.1. The summed E-state index contributed by atoms with van der Waals surface area (Å²) >= 11 is 8.42. The second kappa shape index (κ2) is 27.3. The number of hydrogen-bond acceptors (Lipinski definition) is 18. The Morgan fingerprint density at radius 3 is 2.43 bits per heavy atom. The largest absolute Gasteiger partial charge is 0.508 e. The van der Waals surface area contributed by atoms with Crippen LogP contribution in [0.5, 0.6) is 17.4 Å². The second-order valence-corrected chi connectivity index (χ2v) is 22.5. The van der Waals surface area contributed by atoms with Crippen molar-refractivity contribution in [2.45, 2.75) is 71.6 Å². The summed E-state index contributed by atoms with van der Waals surface area (Å²) in [6.45, 7) is 12.3. The van der Waals surface area contributed by atoms with E-state index in [-0.39, 0.29) is 122 Å². The number of aliphatic hydroxyl groups is 1. The Morgan fingerprint density at radius 2 is 1.70 bits per heavy atom. The summed E-state index contributed by atoms with van der Waals surface area (Å²) in [5.74, 6) is -1.25. The third-order valence-electron chi connectivity index (χ3n) is 15.1. The Hall–Kier alpha value is -7.70. The minimum Gasteiger partial charge on any atom is -0.508 e. The minimum absolute atomic E-state index is 0.00384. The number of likely N-dealkylation sites (tertiary alicyclic amines) is 1. The number of rotatable bonds is 24. The number of aryl methyl sites for hydroxylation is 1. The van der Waals surface area contributed by atoms with Gasteiger partial charge in [0.2, 0.25) is 29.6 Å². The van der Waals surface area contributed by atoms with Crippen LogP contribution in [0.3, 0.4) is 0 Å². The maximum atomic E-state index is 17.0. The molecule has 9 rings (SSSR count). The van der Waals surface area contributed by atoms with E-state index in [0.29, 0.717) is 66.0 Å². The first-order valence-electron chi connectivity index (χ1n) is 27.9. The highest BCUT2D eigenvalue weighted by Crippen LogP contribution is 2.43. The van der Waals surface area contributed by atoms with Gasteiger partial charge in [0.15, 0.2) is 11.6 Å². The summed E-state index contributed by atoms with van der Waals surface area (Å²) in [7, 11) is 3.25. The first-order chi connectivity index (χ1) is 40.4. The van der Waals surface area contributed by atoms with Gasteiger partial charge in [-0.3, -0.25) is 19.2 Å². The molecule has 0 bridgehead atoms. The molecule has 24 heteroatoms. The molecule has 0 radical (unpaired) electrons. The molecule has 84 heavy (non-hydrogen) atoms. The number of β-amino-alcohol motifs (C(OH)–C–C–N with tert-alkyl or cyclic N) is 1. The number of halogens is 2. The highest BCUT2D eigenvalue weighted by atomic mass is 35.5. The van der Waals surface area contributed by atoms with Crippen LogP contribution in [0.15, 0.2) is 76.8 Å². The lowest BCUT2D eigenvalue weighted by Crippen LogP contribution is -2.48. The van der Waals surface area contributed by atoms with Gasteiger partial charge in [-0.2, -0.15) is 4.98 Å². The van der Waals surface area contributed by atoms with E-state index >= 15 is 4.39 Å². The molecule has 0 saturated carbocycles. The molecule has 4 aromatic carbocycles. The molecule has 0 aliphatic carbocycles. The summed E-state index contributed by atoms with van der Waals surface area (Å²) in [6.07, 6.45) is -0.749. The van der Waals surface area contributed by atoms with Crippen molar-refractivity contribution < 1.29 is 57.3 Å². The number of piperazine rings is 1. The third kappa shape index (κ3) is 13.9. The van der Waals surface area contributed by atoms with Crippen LogP contribution in [0.2, 0.25) is 5.02 Å². The number of anilines is 2. The van der Waals surface area contributed by atoms with Gasteiger partial charge in [-0.25, -0.2) is 14.4 Å². The van der Waals surface area contributed by atoms with Crippen LogP contribution in [0, 0.1) is 18.7 Å². The number of aromatic nitrogens is 4. The van der Waals surface area contributed by atoms with Gasteiger partial charge in [0, 0.05) is 95.2 Å². The molecule has 446 valence electrons. The molecule has 2 aliphatic heterocycles. The van der Waals surface area contributed by atoms with Crippen LogP contribution in [-0.4, -0.2) is 174 Å². The van der Waals surface area contributed by atoms with E-state index in [1.54, 1.807) is 47.7 Å². The number of phenols is 1. The number of ether oxygens (including phenoxy) is 4. The lowest BCUT2D eigenvalue weighted by Gasteiger charge is -2.35. The van der Waals surface area contributed by atoms with E-state index in [0.717, 1.165) is 21.7 Å². The quantitative estimate of drug-likeness (QED) is 0.0419. The molecular formula is C60H70ClFN10O11S. The number of carbonyl (C=O) groups is 4. The van der Waals surface area contributed by atoms with E-state index in [9.17, 15) is 29.4 Å².